The minimum atomic E-state index is -2.39. The van der Waals surface area contributed by atoms with E-state index in [1.165, 1.54) is 63.4 Å². The van der Waals surface area contributed by atoms with Crippen LogP contribution in [0.25, 0.3) is 11.1 Å². The van der Waals surface area contributed by atoms with Gasteiger partial charge in [-0.25, -0.2) is 4.79 Å². The van der Waals surface area contributed by atoms with Gasteiger partial charge >= 0.3 is 5.97 Å². The lowest BCUT2D eigenvalue weighted by atomic mass is 9.84. The van der Waals surface area contributed by atoms with E-state index in [4.69, 9.17) is 61.0 Å². The fraction of sp³-hybridized carbons (Fsp3) is 0.542. The number of fused-ring (bicyclic) bond motifs is 14. The number of halogens is 1. The number of phenolic OH excluding ortho intramolecular Hbond substituents is 3. The van der Waals surface area contributed by atoms with Gasteiger partial charge in [-0.15, -0.1) is 0 Å². The first-order valence-corrected chi connectivity index (χ1v) is 40.6. The number of primary amides is 1. The number of aromatic hydroxyl groups is 3. The van der Waals surface area contributed by atoms with Crippen LogP contribution in [0.3, 0.4) is 0 Å². The van der Waals surface area contributed by atoms with Crippen LogP contribution >= 0.6 is 11.6 Å². The van der Waals surface area contributed by atoms with Crippen molar-refractivity contribution >= 4 is 58.9 Å². The van der Waals surface area contributed by atoms with Gasteiger partial charge in [0.05, 0.1) is 48.5 Å². The van der Waals surface area contributed by atoms with Crippen molar-refractivity contribution in [3.8, 4) is 57.1 Å². The number of amides is 7. The Hall–Kier alpha value is -9.61. The number of aliphatic hydroxyl groups excluding tert-OH is 6. The Bertz CT molecular complexity index is 4550. The van der Waals surface area contributed by atoms with Crippen molar-refractivity contribution in [2.75, 3.05) is 20.2 Å². The molecule has 37 heteroatoms. The minimum Gasteiger partial charge on any atom is -0.508 e. The highest BCUT2D eigenvalue weighted by Gasteiger charge is 2.53. The molecule has 8 aliphatic rings. The van der Waals surface area contributed by atoms with Crippen LogP contribution in [0.1, 0.15) is 184 Å². The Morgan fingerprint density at radius 3 is 1.94 bits per heavy atom. The topological polar surface area (TPSA) is 561 Å². The number of unbranched alkanes of at least 4 members (excludes halogenated alkanes) is 7. The van der Waals surface area contributed by atoms with Gasteiger partial charge in [-0.2, -0.15) is 0 Å². The first-order valence-electron chi connectivity index (χ1n) is 40.2. The van der Waals surface area contributed by atoms with Crippen LogP contribution in [0.4, 0.5) is 0 Å². The Balaban J connectivity index is 1.15. The summed E-state index contributed by atoms with van der Waals surface area (Å²) in [6, 6.07) is 1.59. The molecule has 7 amide bonds. The van der Waals surface area contributed by atoms with Crippen LogP contribution in [0.5, 0.6) is 46.0 Å². The maximum atomic E-state index is 16.6. The summed E-state index contributed by atoms with van der Waals surface area (Å²) in [6.07, 6.45) is -13.6. The average Bonchev–Trinajstić information content (AvgIpc) is 1.34. The molecule has 8 heterocycles. The molecular weight excluding hydrogens is 1590 g/mol. The molecular formula is C83H109ClN10O26. The molecule has 9 bridgehead atoms. The van der Waals surface area contributed by atoms with Crippen molar-refractivity contribution in [1.82, 2.24) is 42.5 Å². The molecule has 10 unspecified atom stereocenters. The van der Waals surface area contributed by atoms with Gasteiger partial charge in [0.2, 0.25) is 53.4 Å². The second kappa shape index (κ2) is 39.1. The first-order chi connectivity index (χ1) is 56.9. The fourth-order valence-corrected chi connectivity index (χ4v) is 16.3. The number of likely N-dealkylation sites (N-methyl/N-ethyl adjacent to an activating group) is 1. The molecule has 0 aliphatic carbocycles. The first kappa shape index (κ1) is 91.1. The van der Waals surface area contributed by atoms with Crippen molar-refractivity contribution in [3.63, 3.8) is 0 Å². The summed E-state index contributed by atoms with van der Waals surface area (Å²) in [5.41, 5.74) is 6.96. The lowest BCUT2D eigenvalue weighted by molar-refractivity contribution is -0.334. The Kier molecular flexibility index (Phi) is 29.7. The van der Waals surface area contributed by atoms with Crippen molar-refractivity contribution in [2.24, 2.45) is 17.4 Å². The Labute approximate surface area is 696 Å². The third-order valence-electron chi connectivity index (χ3n) is 22.6. The van der Waals surface area contributed by atoms with Gasteiger partial charge in [0.15, 0.2) is 36.2 Å². The standard InChI is InChI=1S/C83H109ClN10O26/c1-9-10-11-12-13-14-15-16-26-88-83(7)35-58(114-39(5)73(83)104)119-71-68(102)67(101)55(36-95)117-81(71)120-70-53-29-42-30-54(70)116-52-25-22-41(28-47(52)84)66(100)64(93-74(105)48(87-8)27-37(2)3)78(109)89-49(33-56(85)99)75(106)90-61(42)76(107)91-62-45-18-17-19-50(97)59(45)60-46(31-43(96)32-51(60)98)63(80(111)112)92-79(110)65(94-77(62)108)69(40-20-23-44(115-53)24-21-40)118-57-34-82(6,86)72(103)38(4)113-57/h17-25,28-32,37-39,48-49,55,57-58,61-69,71-73,81,87-88,95-98,100-104H,9-16,26-27,33-36,86H2,1-8H3,(H2,85,99)(H,89,109)(H,90,106)(H,91,107)(H,92,110)(H,93,105)(H,94,108)(H,111,112)/t38-,39+,48?,49?,55-,57-,58+,61?,62?,63?,64?,65?,66?,67-,68+,69?,71-,72-,73-,81+,82?,83+/m1/s1. The molecule has 0 saturated carbocycles. The molecule has 654 valence electrons. The Morgan fingerprint density at radius 1 is 0.667 bits per heavy atom. The van der Waals surface area contributed by atoms with Crippen LogP contribution in [0.15, 0.2) is 84.9 Å². The molecule has 0 aromatic heterocycles. The van der Waals surface area contributed by atoms with Crippen molar-refractivity contribution in [1.29, 1.82) is 0 Å². The molecule has 3 saturated heterocycles. The zero-order chi connectivity index (χ0) is 87.1. The van der Waals surface area contributed by atoms with Gasteiger partial charge in [0.1, 0.15) is 89.5 Å². The van der Waals surface area contributed by atoms with Gasteiger partial charge in [-0.3, -0.25) is 33.6 Å². The lowest BCUT2D eigenvalue weighted by Gasteiger charge is -2.48. The number of carboxylic acids is 1. The smallest absolute Gasteiger partial charge is 0.330 e. The van der Waals surface area contributed by atoms with Crippen LogP contribution in [-0.4, -0.2) is 222 Å². The summed E-state index contributed by atoms with van der Waals surface area (Å²) in [5.74, 6) is -15.8. The molecule has 0 spiro atoms. The molecule has 5 aromatic rings. The predicted octanol–water partition coefficient (Wildman–Crippen LogP) is 3.46. The number of ether oxygens (including phenoxy) is 8. The van der Waals surface area contributed by atoms with E-state index in [0.717, 1.165) is 93.8 Å². The summed E-state index contributed by atoms with van der Waals surface area (Å²) >= 11 is 7.22. The number of carbonyl (C=O) groups is 8. The number of nitrogens with two attached hydrogens (primary N) is 2. The van der Waals surface area contributed by atoms with Gasteiger partial charge in [0.25, 0.3) is 0 Å². The highest BCUT2D eigenvalue weighted by atomic mass is 35.5. The molecule has 13 rings (SSSR count). The number of carboxylic acid groups (broad SMARTS) is 1. The number of hydrogen-bond acceptors (Lipinski definition) is 28. The summed E-state index contributed by atoms with van der Waals surface area (Å²) in [6.45, 7) is 11.7. The summed E-state index contributed by atoms with van der Waals surface area (Å²) in [4.78, 5) is 121. The van der Waals surface area contributed by atoms with Crippen molar-refractivity contribution < 1.29 is 127 Å². The van der Waals surface area contributed by atoms with Gasteiger partial charge in [0, 0.05) is 46.7 Å². The largest absolute Gasteiger partial charge is 0.508 e. The maximum Gasteiger partial charge on any atom is 0.330 e. The molecule has 3 fully saturated rings. The van der Waals surface area contributed by atoms with E-state index in [-0.39, 0.29) is 52.8 Å². The number of phenols is 3. The van der Waals surface area contributed by atoms with Crippen LogP contribution in [0.2, 0.25) is 5.02 Å². The second-order valence-electron chi connectivity index (χ2n) is 32.4. The van der Waals surface area contributed by atoms with Gasteiger partial charge < -0.3 is 143 Å². The zero-order valence-electron chi connectivity index (χ0n) is 67.6. The van der Waals surface area contributed by atoms with E-state index in [9.17, 15) is 65.4 Å². The number of aliphatic carboxylic acids is 1. The molecule has 5 aromatic carbocycles. The van der Waals surface area contributed by atoms with Crippen molar-refractivity contribution in [2.45, 2.75) is 259 Å². The van der Waals surface area contributed by atoms with Crippen molar-refractivity contribution in [3.05, 3.63) is 118 Å². The summed E-state index contributed by atoms with van der Waals surface area (Å²) < 4.78 is 52.8. The molecule has 120 heavy (non-hydrogen) atoms. The van der Waals surface area contributed by atoms with Gasteiger partial charge in [-0.1, -0.05) is 108 Å². The number of benzene rings is 5. The maximum absolute atomic E-state index is 16.6. The number of carbonyl (C=O) groups excluding carboxylic acids is 7. The van der Waals surface area contributed by atoms with E-state index in [1.54, 1.807) is 13.8 Å². The third-order valence-corrected chi connectivity index (χ3v) is 22.9. The lowest BCUT2D eigenvalue weighted by Crippen LogP contribution is -2.65. The van der Waals surface area contributed by atoms with Crippen LogP contribution in [-0.2, 0) is 62.0 Å². The molecule has 36 nitrogen and oxygen atoms in total. The highest BCUT2D eigenvalue weighted by Crippen LogP contribution is 2.51. The normalized spacial score (nSPS) is 30.5. The van der Waals surface area contributed by atoms with Gasteiger partial charge in [-0.05, 0) is 131 Å². The minimum absolute atomic E-state index is 0.0375. The molecule has 22 N–H and O–H groups in total. The SMILES string of the molecule is CCCCCCCCCCN[C@@]1(C)C[C@H](O[C@H]2[C@H](Oc3c4cc5cc3Oc3ccc(cc3Cl)C(O)C(NC(=O)C(CC(C)C)NC)C(=O)NC(CC(N)=O)C(=O)NC5C(=O)NC3C(=O)NC(C(=O)NC(C(=O)O)c5cc(O)cc(O)c5-c5c(O)cccc53)C(O[C@@H]3CC(C)(N)[C@H](O)[C@@H](C)O3)c3ccc(cc3)O4)O[C@H](CO)[C@@H](O)[C@@H]2O)O[C@@H](C)[C@H]1O. The van der Waals surface area contributed by atoms with E-state index in [2.05, 4.69) is 49.5 Å². The highest BCUT2D eigenvalue weighted by molar-refractivity contribution is 6.32. The van der Waals surface area contributed by atoms with E-state index in [0.29, 0.717) is 6.54 Å². The Morgan fingerprint density at radius 2 is 1.30 bits per heavy atom. The summed E-state index contributed by atoms with van der Waals surface area (Å²) in [7, 11) is 1.48. The van der Waals surface area contributed by atoms with E-state index in [1.807, 2.05) is 13.8 Å². The second-order valence-corrected chi connectivity index (χ2v) is 32.8. The van der Waals surface area contributed by atoms with E-state index < -0.39 is 256 Å². The number of hydrogen-bond donors (Lipinski definition) is 20. The summed E-state index contributed by atoms with van der Waals surface area (Å²) in [5, 5.41) is 138. The third kappa shape index (κ3) is 20.8. The molecule has 22 atom stereocenters. The molecule has 0 radical (unpaired) electrons. The predicted molar refractivity (Wildman–Crippen MR) is 427 cm³/mol. The van der Waals surface area contributed by atoms with E-state index >= 15 is 24.0 Å². The monoisotopic (exact) mass is 1700 g/mol. The van der Waals surface area contributed by atoms with Crippen LogP contribution < -0.4 is 68.2 Å². The van der Waals surface area contributed by atoms with Crippen LogP contribution in [0, 0.1) is 5.92 Å². The number of rotatable bonds is 25. The number of nitrogens with one attached hydrogen (secondary N) is 8. The average molecular weight is 1700 g/mol. The molecule has 8 aliphatic heterocycles. The fourth-order valence-electron chi connectivity index (χ4n) is 16.1. The quantitative estimate of drug-likeness (QED) is 0.0372. The number of aliphatic hydroxyl groups is 6. The zero-order valence-corrected chi connectivity index (χ0v) is 68.4.